The van der Waals surface area contributed by atoms with Gasteiger partial charge in [-0.3, -0.25) is 4.90 Å². The van der Waals surface area contributed by atoms with Crippen LogP contribution in [0.3, 0.4) is 0 Å². The van der Waals surface area contributed by atoms with E-state index in [1.807, 2.05) is 0 Å². The Kier molecular flexibility index (Phi) is 4.53. The molecule has 0 heterocycles. The molecule has 0 saturated heterocycles. The first-order valence-corrected chi connectivity index (χ1v) is 5.94. The summed E-state index contributed by atoms with van der Waals surface area (Å²) in [5.74, 6) is -1.35. The molecule has 0 spiro atoms. The number of carboxylic acid groups (broad SMARTS) is 1. The highest BCUT2D eigenvalue weighted by atomic mass is 16.6. The van der Waals surface area contributed by atoms with Gasteiger partial charge in [-0.1, -0.05) is 30.3 Å². The number of hydrogen-bond acceptors (Lipinski definition) is 4. The van der Waals surface area contributed by atoms with E-state index in [4.69, 9.17) is 4.74 Å². The van der Waals surface area contributed by atoms with Gasteiger partial charge < -0.3 is 14.6 Å². The van der Waals surface area contributed by atoms with Gasteiger partial charge in [0.05, 0.1) is 12.0 Å². The Morgan fingerprint density at radius 2 is 1.74 bits per heavy atom. The maximum atomic E-state index is 11.9. The van der Waals surface area contributed by atoms with Crippen molar-refractivity contribution >= 4 is 12.1 Å². The van der Waals surface area contributed by atoms with E-state index in [0.29, 0.717) is 5.56 Å². The number of benzene rings is 1. The zero-order valence-corrected chi connectivity index (χ0v) is 11.5. The summed E-state index contributed by atoms with van der Waals surface area (Å²) >= 11 is 0. The van der Waals surface area contributed by atoms with E-state index in [9.17, 15) is 14.7 Å². The number of aliphatic carboxylic acids is 1. The van der Waals surface area contributed by atoms with Gasteiger partial charge in [0, 0.05) is 7.05 Å². The minimum atomic E-state index is -1.35. The van der Waals surface area contributed by atoms with Crippen LogP contribution in [0, 0.1) is 0 Å². The van der Waals surface area contributed by atoms with Crippen molar-refractivity contribution in [2.75, 3.05) is 7.05 Å². The minimum Gasteiger partial charge on any atom is -0.548 e. The summed E-state index contributed by atoms with van der Waals surface area (Å²) in [7, 11) is 1.38. The van der Waals surface area contributed by atoms with Crippen LogP contribution < -0.4 is 5.11 Å². The average molecular weight is 264 g/mol. The minimum absolute atomic E-state index is 0.468. The first-order chi connectivity index (χ1) is 8.72. The van der Waals surface area contributed by atoms with Gasteiger partial charge in [-0.25, -0.2) is 4.79 Å². The van der Waals surface area contributed by atoms with E-state index < -0.39 is 23.7 Å². The zero-order chi connectivity index (χ0) is 14.6. The van der Waals surface area contributed by atoms with E-state index in [-0.39, 0.29) is 0 Å². The van der Waals surface area contributed by atoms with E-state index in [0.717, 1.165) is 4.90 Å². The standard InChI is InChI=1S/C14H19NO4/c1-14(2,3)19-13(18)15(4)11(12(16)17)10-8-6-5-7-9-10/h5-9,11H,1-4H3,(H,16,17)/p-1/t11-/m1/s1. The molecule has 1 aromatic rings. The van der Waals surface area contributed by atoms with Crippen molar-refractivity contribution in [3.05, 3.63) is 35.9 Å². The van der Waals surface area contributed by atoms with Crippen LogP contribution >= 0.6 is 0 Å². The molecule has 0 aliphatic rings. The first kappa shape index (κ1) is 15.0. The zero-order valence-electron chi connectivity index (χ0n) is 11.5. The molecule has 0 aromatic heterocycles. The molecular formula is C14H18NO4-. The summed E-state index contributed by atoms with van der Waals surface area (Å²) in [4.78, 5) is 24.2. The van der Waals surface area contributed by atoms with Crippen molar-refractivity contribution in [1.29, 1.82) is 0 Å². The second-order valence-corrected chi connectivity index (χ2v) is 5.22. The van der Waals surface area contributed by atoms with Gasteiger partial charge in [0.15, 0.2) is 0 Å². The maximum Gasteiger partial charge on any atom is 0.410 e. The molecule has 0 fully saturated rings. The number of rotatable bonds is 3. The molecule has 1 aromatic carbocycles. The van der Waals surface area contributed by atoms with Gasteiger partial charge in [-0.05, 0) is 26.3 Å². The molecule has 5 heteroatoms. The largest absolute Gasteiger partial charge is 0.548 e. The van der Waals surface area contributed by atoms with Crippen LogP contribution in [0.5, 0.6) is 0 Å². The van der Waals surface area contributed by atoms with Gasteiger partial charge in [0.1, 0.15) is 5.60 Å². The van der Waals surface area contributed by atoms with Gasteiger partial charge in [0.25, 0.3) is 0 Å². The van der Waals surface area contributed by atoms with Crippen LogP contribution in [0.4, 0.5) is 4.79 Å². The number of hydrogen-bond donors (Lipinski definition) is 0. The first-order valence-electron chi connectivity index (χ1n) is 5.94. The number of carboxylic acids is 1. The quantitative estimate of drug-likeness (QED) is 0.826. The van der Waals surface area contributed by atoms with Gasteiger partial charge in [0.2, 0.25) is 0 Å². The number of nitrogens with zero attached hydrogens (tertiary/aromatic N) is 1. The smallest absolute Gasteiger partial charge is 0.410 e. The van der Waals surface area contributed by atoms with Crippen molar-refractivity contribution in [3.8, 4) is 0 Å². The fourth-order valence-corrected chi connectivity index (χ4v) is 1.59. The van der Waals surface area contributed by atoms with Crippen LogP contribution in [0.2, 0.25) is 0 Å². The van der Waals surface area contributed by atoms with Crippen molar-refractivity contribution in [2.45, 2.75) is 32.4 Å². The molecule has 0 radical (unpaired) electrons. The molecule has 0 aliphatic carbocycles. The SMILES string of the molecule is CN(C(=O)OC(C)(C)C)[C@@H](C(=O)[O-])c1ccccc1. The molecule has 0 unspecified atom stereocenters. The van der Waals surface area contributed by atoms with E-state index in [1.54, 1.807) is 51.1 Å². The maximum absolute atomic E-state index is 11.9. The monoisotopic (exact) mass is 264 g/mol. The van der Waals surface area contributed by atoms with Crippen LogP contribution in [0.25, 0.3) is 0 Å². The summed E-state index contributed by atoms with van der Waals surface area (Å²) < 4.78 is 5.15. The molecule has 5 nitrogen and oxygen atoms in total. The lowest BCUT2D eigenvalue weighted by molar-refractivity contribution is -0.311. The molecule has 0 bridgehead atoms. The highest BCUT2D eigenvalue weighted by Gasteiger charge is 2.27. The summed E-state index contributed by atoms with van der Waals surface area (Å²) in [5.41, 5.74) is -0.214. The molecule has 0 N–H and O–H groups in total. The Morgan fingerprint density at radius 1 is 1.21 bits per heavy atom. The van der Waals surface area contributed by atoms with E-state index in [2.05, 4.69) is 0 Å². The second-order valence-electron chi connectivity index (χ2n) is 5.22. The molecular weight excluding hydrogens is 246 g/mol. The number of carbonyl (C=O) groups excluding carboxylic acids is 2. The Hall–Kier alpha value is -2.04. The summed E-state index contributed by atoms with van der Waals surface area (Å²) in [6, 6.07) is 7.25. The molecule has 0 saturated carbocycles. The Bertz CT molecular complexity index is 450. The predicted octanol–water partition coefficient (Wildman–Crippen LogP) is 1.34. The van der Waals surface area contributed by atoms with Crippen molar-refractivity contribution in [1.82, 2.24) is 4.90 Å². The van der Waals surface area contributed by atoms with Gasteiger partial charge >= 0.3 is 6.09 Å². The number of amides is 1. The highest BCUT2D eigenvalue weighted by Crippen LogP contribution is 2.21. The molecule has 0 aliphatic heterocycles. The third kappa shape index (κ3) is 4.28. The van der Waals surface area contributed by atoms with Crippen molar-refractivity contribution in [3.63, 3.8) is 0 Å². The van der Waals surface area contributed by atoms with E-state index >= 15 is 0 Å². The summed E-state index contributed by atoms with van der Waals surface area (Å²) in [5, 5.41) is 11.3. The Balaban J connectivity index is 2.95. The van der Waals surface area contributed by atoms with Crippen LogP contribution in [0.1, 0.15) is 32.4 Å². The number of ether oxygens (including phenoxy) is 1. The summed E-state index contributed by atoms with van der Waals surface area (Å²) in [6.45, 7) is 5.15. The molecule has 19 heavy (non-hydrogen) atoms. The highest BCUT2D eigenvalue weighted by molar-refractivity contribution is 5.80. The third-order valence-corrected chi connectivity index (χ3v) is 2.41. The van der Waals surface area contributed by atoms with Crippen LogP contribution in [-0.2, 0) is 9.53 Å². The van der Waals surface area contributed by atoms with Crippen molar-refractivity contribution in [2.24, 2.45) is 0 Å². The second kappa shape index (κ2) is 5.73. The fourth-order valence-electron chi connectivity index (χ4n) is 1.59. The summed E-state index contributed by atoms with van der Waals surface area (Å²) in [6.07, 6.45) is -0.703. The van der Waals surface area contributed by atoms with E-state index in [1.165, 1.54) is 7.05 Å². The predicted molar refractivity (Wildman–Crippen MR) is 68.2 cm³/mol. The average Bonchev–Trinajstić information content (AvgIpc) is 2.27. The van der Waals surface area contributed by atoms with Gasteiger partial charge in [-0.2, -0.15) is 0 Å². The van der Waals surface area contributed by atoms with Gasteiger partial charge in [-0.15, -0.1) is 0 Å². The number of carbonyl (C=O) groups is 2. The topological polar surface area (TPSA) is 69.7 Å². The Labute approximate surface area is 112 Å². The fraction of sp³-hybridized carbons (Fsp3) is 0.429. The van der Waals surface area contributed by atoms with Crippen LogP contribution in [-0.4, -0.2) is 29.6 Å². The normalized spacial score (nSPS) is 12.6. The lowest BCUT2D eigenvalue weighted by Crippen LogP contribution is -2.44. The number of likely N-dealkylation sites (N-methyl/N-ethyl adjacent to an activating group) is 1. The molecule has 104 valence electrons. The lowest BCUT2D eigenvalue weighted by Gasteiger charge is -2.31. The van der Waals surface area contributed by atoms with Crippen LogP contribution in [0.15, 0.2) is 30.3 Å². The van der Waals surface area contributed by atoms with Crippen molar-refractivity contribution < 1.29 is 19.4 Å². The molecule has 1 rings (SSSR count). The molecule has 1 amide bonds. The Morgan fingerprint density at radius 3 is 2.16 bits per heavy atom. The molecule has 1 atom stereocenters. The lowest BCUT2D eigenvalue weighted by atomic mass is 10.1. The third-order valence-electron chi connectivity index (χ3n) is 2.41.